The smallest absolute Gasteiger partial charge is 0.248 e. The summed E-state index contributed by atoms with van der Waals surface area (Å²) in [6.45, 7) is 0. The molecule has 7 nitrogen and oxygen atoms in total. The number of methoxy groups -OCH3 is 1. The SMILES string of the molecule is COc1ccc(-n2ccnc2-c2nccn2-c2ccc(C(N)=O)cc2)cc1. The fourth-order valence-corrected chi connectivity index (χ4v) is 2.88. The van der Waals surface area contributed by atoms with E-state index in [4.69, 9.17) is 10.5 Å². The predicted octanol–water partition coefficient (Wildman–Crippen LogP) is 2.83. The van der Waals surface area contributed by atoms with E-state index < -0.39 is 5.91 Å². The van der Waals surface area contributed by atoms with Crippen molar-refractivity contribution < 1.29 is 9.53 Å². The number of carbonyl (C=O) groups excluding carboxylic acids is 1. The third-order valence-corrected chi connectivity index (χ3v) is 4.26. The Labute approximate surface area is 155 Å². The van der Waals surface area contributed by atoms with Crippen LogP contribution in [0.2, 0.25) is 0 Å². The number of primary amides is 1. The molecule has 0 radical (unpaired) electrons. The standard InChI is InChI=1S/C20H17N5O2/c1-27-17-8-6-16(7-9-17)25-13-11-23-20(25)19-22-10-12-24(19)15-4-2-14(3-5-15)18(21)26/h2-13H,1H3,(H2,21,26). The largest absolute Gasteiger partial charge is 0.497 e. The minimum atomic E-state index is -0.456. The van der Waals surface area contributed by atoms with Crippen LogP contribution in [0.5, 0.6) is 5.75 Å². The molecule has 2 aromatic heterocycles. The molecule has 0 aliphatic carbocycles. The van der Waals surface area contributed by atoms with Gasteiger partial charge < -0.3 is 10.5 Å². The molecule has 2 N–H and O–H groups in total. The molecule has 2 heterocycles. The van der Waals surface area contributed by atoms with Crippen LogP contribution in [0.15, 0.2) is 73.3 Å². The highest BCUT2D eigenvalue weighted by molar-refractivity contribution is 5.92. The number of carbonyl (C=O) groups is 1. The molecular weight excluding hydrogens is 342 g/mol. The van der Waals surface area contributed by atoms with Gasteiger partial charge in [-0.05, 0) is 48.5 Å². The number of aromatic nitrogens is 4. The molecule has 27 heavy (non-hydrogen) atoms. The lowest BCUT2D eigenvalue weighted by atomic mass is 10.2. The normalized spacial score (nSPS) is 10.7. The molecular formula is C20H17N5O2. The topological polar surface area (TPSA) is 88.0 Å². The Morgan fingerprint density at radius 3 is 1.78 bits per heavy atom. The summed E-state index contributed by atoms with van der Waals surface area (Å²) in [6.07, 6.45) is 7.17. The van der Waals surface area contributed by atoms with Crippen LogP contribution in [0, 0.1) is 0 Å². The molecule has 0 bridgehead atoms. The Morgan fingerprint density at radius 2 is 1.33 bits per heavy atom. The molecule has 0 unspecified atom stereocenters. The minimum absolute atomic E-state index is 0.456. The van der Waals surface area contributed by atoms with Gasteiger partial charge in [0.1, 0.15) is 5.75 Å². The van der Waals surface area contributed by atoms with Gasteiger partial charge in [-0.3, -0.25) is 13.9 Å². The maximum atomic E-state index is 11.3. The Kier molecular flexibility index (Phi) is 4.18. The summed E-state index contributed by atoms with van der Waals surface area (Å²) in [5.41, 5.74) is 7.58. The quantitative estimate of drug-likeness (QED) is 0.593. The molecule has 0 atom stereocenters. The number of nitrogens with two attached hydrogens (primary N) is 1. The van der Waals surface area contributed by atoms with Crippen LogP contribution in [0.25, 0.3) is 23.0 Å². The second-order valence-corrected chi connectivity index (χ2v) is 5.85. The zero-order valence-electron chi connectivity index (χ0n) is 14.6. The molecule has 0 saturated carbocycles. The zero-order valence-corrected chi connectivity index (χ0v) is 14.6. The third-order valence-electron chi connectivity index (χ3n) is 4.26. The van der Waals surface area contributed by atoms with E-state index in [0.717, 1.165) is 17.1 Å². The first kappa shape index (κ1) is 16.6. The molecule has 1 amide bonds. The Balaban J connectivity index is 1.75. The number of benzene rings is 2. The summed E-state index contributed by atoms with van der Waals surface area (Å²) in [5, 5.41) is 0. The summed E-state index contributed by atoms with van der Waals surface area (Å²) < 4.78 is 9.08. The van der Waals surface area contributed by atoms with E-state index in [2.05, 4.69) is 9.97 Å². The molecule has 134 valence electrons. The van der Waals surface area contributed by atoms with Crippen LogP contribution in [0.1, 0.15) is 10.4 Å². The van der Waals surface area contributed by atoms with Crippen molar-refractivity contribution >= 4 is 5.91 Å². The Morgan fingerprint density at radius 1 is 0.852 bits per heavy atom. The van der Waals surface area contributed by atoms with Crippen molar-refractivity contribution in [3.63, 3.8) is 0 Å². The lowest BCUT2D eigenvalue weighted by Gasteiger charge is -2.11. The highest BCUT2D eigenvalue weighted by atomic mass is 16.5. The monoisotopic (exact) mass is 359 g/mol. The maximum Gasteiger partial charge on any atom is 0.248 e. The van der Waals surface area contributed by atoms with Crippen LogP contribution < -0.4 is 10.5 Å². The molecule has 0 spiro atoms. The first-order valence-corrected chi connectivity index (χ1v) is 8.29. The van der Waals surface area contributed by atoms with Crippen LogP contribution >= 0.6 is 0 Å². The summed E-state index contributed by atoms with van der Waals surface area (Å²) in [6, 6.07) is 14.7. The van der Waals surface area contributed by atoms with Gasteiger partial charge in [-0.2, -0.15) is 0 Å². The van der Waals surface area contributed by atoms with Crippen LogP contribution in [0.4, 0.5) is 0 Å². The fourth-order valence-electron chi connectivity index (χ4n) is 2.88. The number of nitrogens with zero attached hydrogens (tertiary/aromatic N) is 4. The lowest BCUT2D eigenvalue weighted by Crippen LogP contribution is -2.10. The van der Waals surface area contributed by atoms with Gasteiger partial charge in [-0.1, -0.05) is 0 Å². The number of amides is 1. The summed E-state index contributed by atoms with van der Waals surface area (Å²) in [4.78, 5) is 20.2. The van der Waals surface area contributed by atoms with E-state index in [9.17, 15) is 4.79 Å². The van der Waals surface area contributed by atoms with E-state index in [1.54, 1.807) is 31.6 Å². The van der Waals surface area contributed by atoms with E-state index in [1.807, 2.05) is 57.9 Å². The number of imidazole rings is 2. The van der Waals surface area contributed by atoms with Gasteiger partial charge in [0.25, 0.3) is 0 Å². The van der Waals surface area contributed by atoms with Crippen LogP contribution in [-0.2, 0) is 0 Å². The van der Waals surface area contributed by atoms with Crippen molar-refractivity contribution in [2.45, 2.75) is 0 Å². The number of ether oxygens (including phenoxy) is 1. The van der Waals surface area contributed by atoms with Crippen molar-refractivity contribution in [1.82, 2.24) is 19.1 Å². The maximum absolute atomic E-state index is 11.3. The average Bonchev–Trinajstić information content (AvgIpc) is 3.37. The fraction of sp³-hybridized carbons (Fsp3) is 0.0500. The van der Waals surface area contributed by atoms with Crippen molar-refractivity contribution in [2.75, 3.05) is 7.11 Å². The lowest BCUT2D eigenvalue weighted by molar-refractivity contribution is 0.100. The third kappa shape index (κ3) is 3.06. The minimum Gasteiger partial charge on any atom is -0.497 e. The van der Waals surface area contributed by atoms with E-state index in [0.29, 0.717) is 17.2 Å². The van der Waals surface area contributed by atoms with Gasteiger partial charge in [0.2, 0.25) is 5.91 Å². The van der Waals surface area contributed by atoms with Crippen LogP contribution in [-0.4, -0.2) is 32.1 Å². The van der Waals surface area contributed by atoms with Gasteiger partial charge >= 0.3 is 0 Å². The molecule has 0 aliphatic heterocycles. The van der Waals surface area contributed by atoms with Crippen molar-refractivity contribution in [2.24, 2.45) is 5.73 Å². The predicted molar refractivity (Wildman–Crippen MR) is 101 cm³/mol. The zero-order chi connectivity index (χ0) is 18.8. The first-order valence-electron chi connectivity index (χ1n) is 8.29. The highest BCUT2D eigenvalue weighted by Gasteiger charge is 2.15. The highest BCUT2D eigenvalue weighted by Crippen LogP contribution is 2.24. The molecule has 0 saturated heterocycles. The number of hydrogen-bond donors (Lipinski definition) is 1. The van der Waals surface area contributed by atoms with Gasteiger partial charge in [0.15, 0.2) is 11.6 Å². The second-order valence-electron chi connectivity index (χ2n) is 5.85. The van der Waals surface area contributed by atoms with Gasteiger partial charge in [-0.15, -0.1) is 0 Å². The summed E-state index contributed by atoms with van der Waals surface area (Å²) >= 11 is 0. The number of rotatable bonds is 5. The van der Waals surface area contributed by atoms with Crippen LogP contribution in [0.3, 0.4) is 0 Å². The molecule has 0 fully saturated rings. The Bertz CT molecular complexity index is 1080. The van der Waals surface area contributed by atoms with Crippen molar-refractivity contribution in [1.29, 1.82) is 0 Å². The molecule has 2 aromatic carbocycles. The van der Waals surface area contributed by atoms with Gasteiger partial charge in [0, 0.05) is 41.7 Å². The van der Waals surface area contributed by atoms with E-state index in [-0.39, 0.29) is 0 Å². The van der Waals surface area contributed by atoms with E-state index >= 15 is 0 Å². The van der Waals surface area contributed by atoms with Crippen molar-refractivity contribution in [3.8, 4) is 28.8 Å². The second kappa shape index (κ2) is 6.80. The first-order chi connectivity index (χ1) is 13.2. The van der Waals surface area contributed by atoms with E-state index in [1.165, 1.54) is 0 Å². The molecule has 0 aliphatic rings. The average molecular weight is 359 g/mol. The Hall–Kier alpha value is -3.87. The summed E-state index contributed by atoms with van der Waals surface area (Å²) in [5.74, 6) is 1.71. The molecule has 4 aromatic rings. The molecule has 4 rings (SSSR count). The van der Waals surface area contributed by atoms with Gasteiger partial charge in [0.05, 0.1) is 7.11 Å². The van der Waals surface area contributed by atoms with Crippen molar-refractivity contribution in [3.05, 3.63) is 78.9 Å². The summed E-state index contributed by atoms with van der Waals surface area (Å²) in [7, 11) is 1.64. The van der Waals surface area contributed by atoms with Gasteiger partial charge in [-0.25, -0.2) is 9.97 Å². The number of hydrogen-bond acceptors (Lipinski definition) is 4. The molecule has 7 heteroatoms.